The maximum atomic E-state index is 8.79. The molecular weight excluding hydrogens is 152 g/mol. The SMILES string of the molecule is CCOC1CCCC(CCO)C1. The highest BCUT2D eigenvalue weighted by molar-refractivity contribution is 4.73. The van der Waals surface area contributed by atoms with E-state index in [0.717, 1.165) is 19.4 Å². The molecule has 1 N–H and O–H groups in total. The first kappa shape index (κ1) is 10.0. The number of rotatable bonds is 4. The van der Waals surface area contributed by atoms with Crippen LogP contribution in [0.5, 0.6) is 0 Å². The predicted molar refractivity (Wildman–Crippen MR) is 49.1 cm³/mol. The summed E-state index contributed by atoms with van der Waals surface area (Å²) in [7, 11) is 0. The molecule has 2 heteroatoms. The molecule has 0 radical (unpaired) electrons. The van der Waals surface area contributed by atoms with E-state index in [2.05, 4.69) is 6.92 Å². The van der Waals surface area contributed by atoms with E-state index in [1.54, 1.807) is 0 Å². The summed E-state index contributed by atoms with van der Waals surface area (Å²) in [5, 5.41) is 8.79. The quantitative estimate of drug-likeness (QED) is 0.702. The van der Waals surface area contributed by atoms with Crippen molar-refractivity contribution in [2.45, 2.75) is 45.1 Å². The Hall–Kier alpha value is -0.0800. The molecular formula is C10H20O2. The van der Waals surface area contributed by atoms with E-state index in [1.807, 2.05) is 0 Å². The van der Waals surface area contributed by atoms with Crippen molar-refractivity contribution >= 4 is 0 Å². The highest BCUT2D eigenvalue weighted by Gasteiger charge is 2.21. The molecule has 0 spiro atoms. The van der Waals surface area contributed by atoms with Gasteiger partial charge in [-0.25, -0.2) is 0 Å². The fourth-order valence-electron chi connectivity index (χ4n) is 2.07. The van der Waals surface area contributed by atoms with E-state index >= 15 is 0 Å². The molecule has 0 amide bonds. The number of ether oxygens (including phenoxy) is 1. The maximum Gasteiger partial charge on any atom is 0.0577 e. The third-order valence-corrected chi connectivity index (χ3v) is 2.67. The molecule has 0 saturated heterocycles. The van der Waals surface area contributed by atoms with Crippen LogP contribution in [0.25, 0.3) is 0 Å². The van der Waals surface area contributed by atoms with Gasteiger partial charge in [0, 0.05) is 13.2 Å². The van der Waals surface area contributed by atoms with Crippen LogP contribution >= 0.6 is 0 Å². The smallest absolute Gasteiger partial charge is 0.0577 e. The van der Waals surface area contributed by atoms with Gasteiger partial charge in [0.1, 0.15) is 0 Å². The van der Waals surface area contributed by atoms with E-state index in [0.29, 0.717) is 18.6 Å². The molecule has 1 aliphatic carbocycles. The molecule has 0 bridgehead atoms. The Bertz CT molecular complexity index is 98.4. The fraction of sp³-hybridized carbons (Fsp3) is 1.00. The summed E-state index contributed by atoms with van der Waals surface area (Å²) in [6.45, 7) is 3.22. The molecule has 1 saturated carbocycles. The third kappa shape index (κ3) is 3.11. The zero-order chi connectivity index (χ0) is 8.81. The first-order chi connectivity index (χ1) is 5.86. The minimum Gasteiger partial charge on any atom is -0.396 e. The topological polar surface area (TPSA) is 29.5 Å². The van der Waals surface area contributed by atoms with Gasteiger partial charge < -0.3 is 9.84 Å². The highest BCUT2D eigenvalue weighted by atomic mass is 16.5. The third-order valence-electron chi connectivity index (χ3n) is 2.67. The van der Waals surface area contributed by atoms with Gasteiger partial charge >= 0.3 is 0 Å². The van der Waals surface area contributed by atoms with Crippen LogP contribution in [0.1, 0.15) is 39.0 Å². The van der Waals surface area contributed by atoms with Crippen LogP contribution in [0.2, 0.25) is 0 Å². The van der Waals surface area contributed by atoms with E-state index in [1.165, 1.54) is 19.3 Å². The first-order valence-electron chi connectivity index (χ1n) is 5.09. The molecule has 0 aromatic rings. The fourth-order valence-corrected chi connectivity index (χ4v) is 2.07. The van der Waals surface area contributed by atoms with Crippen LogP contribution < -0.4 is 0 Å². The van der Waals surface area contributed by atoms with Crippen LogP contribution in [0.15, 0.2) is 0 Å². The number of hydrogen-bond donors (Lipinski definition) is 1. The van der Waals surface area contributed by atoms with Gasteiger partial charge in [0.25, 0.3) is 0 Å². The Kier molecular flexibility index (Phi) is 4.62. The van der Waals surface area contributed by atoms with E-state index in [-0.39, 0.29) is 0 Å². The average Bonchev–Trinajstić information content (AvgIpc) is 2.06. The number of hydrogen-bond acceptors (Lipinski definition) is 2. The van der Waals surface area contributed by atoms with Crippen molar-refractivity contribution in [2.24, 2.45) is 5.92 Å². The molecule has 1 rings (SSSR count). The molecule has 0 aliphatic heterocycles. The predicted octanol–water partition coefficient (Wildman–Crippen LogP) is 1.96. The zero-order valence-electron chi connectivity index (χ0n) is 7.96. The lowest BCUT2D eigenvalue weighted by Gasteiger charge is -2.28. The molecule has 2 atom stereocenters. The molecule has 2 nitrogen and oxygen atoms in total. The largest absolute Gasteiger partial charge is 0.396 e. The second-order valence-electron chi connectivity index (χ2n) is 3.62. The molecule has 0 heterocycles. The van der Waals surface area contributed by atoms with Crippen molar-refractivity contribution in [3.8, 4) is 0 Å². The van der Waals surface area contributed by atoms with Gasteiger partial charge in [-0.1, -0.05) is 12.8 Å². The molecule has 1 fully saturated rings. The van der Waals surface area contributed by atoms with Crippen LogP contribution in [0.4, 0.5) is 0 Å². The van der Waals surface area contributed by atoms with E-state index in [9.17, 15) is 0 Å². The maximum absolute atomic E-state index is 8.79. The monoisotopic (exact) mass is 172 g/mol. The molecule has 12 heavy (non-hydrogen) atoms. The molecule has 0 aromatic heterocycles. The highest BCUT2D eigenvalue weighted by Crippen LogP contribution is 2.28. The van der Waals surface area contributed by atoms with Crippen LogP contribution in [0.3, 0.4) is 0 Å². The van der Waals surface area contributed by atoms with Crippen molar-refractivity contribution in [1.29, 1.82) is 0 Å². The van der Waals surface area contributed by atoms with Gasteiger partial charge in [-0.3, -0.25) is 0 Å². The van der Waals surface area contributed by atoms with Crippen LogP contribution in [-0.4, -0.2) is 24.4 Å². The lowest BCUT2D eigenvalue weighted by molar-refractivity contribution is 0.0166. The van der Waals surface area contributed by atoms with Gasteiger partial charge in [0.15, 0.2) is 0 Å². The second kappa shape index (κ2) is 5.55. The van der Waals surface area contributed by atoms with Gasteiger partial charge in [-0.15, -0.1) is 0 Å². The average molecular weight is 172 g/mol. The standard InChI is InChI=1S/C10H20O2/c1-2-12-10-5-3-4-9(8-10)6-7-11/h9-11H,2-8H2,1H3. The lowest BCUT2D eigenvalue weighted by atomic mass is 9.85. The van der Waals surface area contributed by atoms with Gasteiger partial charge in [-0.05, 0) is 32.1 Å². The minimum absolute atomic E-state index is 0.337. The Morgan fingerprint density at radius 1 is 1.42 bits per heavy atom. The summed E-state index contributed by atoms with van der Waals surface area (Å²) in [5.74, 6) is 0.709. The van der Waals surface area contributed by atoms with Gasteiger partial charge in [0.05, 0.1) is 6.10 Å². The Balaban J connectivity index is 2.20. The number of aliphatic hydroxyl groups is 1. The van der Waals surface area contributed by atoms with Crippen molar-refractivity contribution < 1.29 is 9.84 Å². The zero-order valence-corrected chi connectivity index (χ0v) is 7.96. The van der Waals surface area contributed by atoms with Crippen LogP contribution in [-0.2, 0) is 4.74 Å². The van der Waals surface area contributed by atoms with Crippen molar-refractivity contribution in [2.75, 3.05) is 13.2 Å². The number of aliphatic hydroxyl groups excluding tert-OH is 1. The molecule has 1 aliphatic rings. The summed E-state index contributed by atoms with van der Waals surface area (Å²) in [6, 6.07) is 0. The Morgan fingerprint density at radius 3 is 2.92 bits per heavy atom. The molecule has 2 unspecified atom stereocenters. The summed E-state index contributed by atoms with van der Waals surface area (Å²) in [6.07, 6.45) is 6.37. The van der Waals surface area contributed by atoms with Gasteiger partial charge in [-0.2, -0.15) is 0 Å². The van der Waals surface area contributed by atoms with Crippen LogP contribution in [0, 0.1) is 5.92 Å². The summed E-state index contributed by atoms with van der Waals surface area (Å²) in [5.41, 5.74) is 0. The summed E-state index contributed by atoms with van der Waals surface area (Å²) in [4.78, 5) is 0. The Morgan fingerprint density at radius 2 is 2.25 bits per heavy atom. The Labute approximate surface area is 74.9 Å². The minimum atomic E-state index is 0.337. The summed E-state index contributed by atoms with van der Waals surface area (Å²) >= 11 is 0. The lowest BCUT2D eigenvalue weighted by Crippen LogP contribution is -2.23. The normalized spacial score (nSPS) is 30.5. The van der Waals surface area contributed by atoms with E-state index in [4.69, 9.17) is 9.84 Å². The summed E-state index contributed by atoms with van der Waals surface area (Å²) < 4.78 is 5.58. The van der Waals surface area contributed by atoms with Crippen molar-refractivity contribution in [1.82, 2.24) is 0 Å². The second-order valence-corrected chi connectivity index (χ2v) is 3.62. The van der Waals surface area contributed by atoms with E-state index < -0.39 is 0 Å². The first-order valence-corrected chi connectivity index (χ1v) is 5.09. The molecule has 0 aromatic carbocycles. The van der Waals surface area contributed by atoms with Gasteiger partial charge in [0.2, 0.25) is 0 Å². The molecule has 72 valence electrons. The van der Waals surface area contributed by atoms with Crippen molar-refractivity contribution in [3.63, 3.8) is 0 Å². The van der Waals surface area contributed by atoms with Crippen molar-refractivity contribution in [3.05, 3.63) is 0 Å².